The van der Waals surface area contributed by atoms with Crippen LogP contribution in [0, 0.1) is 5.82 Å². The smallest absolute Gasteiger partial charge is 0.262 e. The predicted octanol–water partition coefficient (Wildman–Crippen LogP) is 1.95. The average molecular weight is 413 g/mol. The summed E-state index contributed by atoms with van der Waals surface area (Å²) in [5.74, 6) is -0.255. The lowest BCUT2D eigenvalue weighted by Crippen LogP contribution is -2.49. The zero-order valence-electron chi connectivity index (χ0n) is 17.1. The predicted molar refractivity (Wildman–Crippen MR) is 112 cm³/mol. The van der Waals surface area contributed by atoms with Crippen LogP contribution in [0.4, 0.5) is 16.0 Å². The highest BCUT2D eigenvalue weighted by Gasteiger charge is 2.22. The molecule has 0 unspecified atom stereocenters. The number of nitrogens with one attached hydrogen (secondary N) is 2. The third kappa shape index (κ3) is 4.04. The second kappa shape index (κ2) is 8.23. The quantitative estimate of drug-likeness (QED) is 0.660. The zero-order chi connectivity index (χ0) is 21.3. The van der Waals surface area contributed by atoms with Crippen molar-refractivity contribution in [3.63, 3.8) is 0 Å². The van der Waals surface area contributed by atoms with Gasteiger partial charge in [0.2, 0.25) is 11.8 Å². The second-order valence-electron chi connectivity index (χ2n) is 7.28. The number of carbonyl (C=O) groups excluding carboxylic acids is 1. The normalized spacial score (nSPS) is 16.7. The van der Waals surface area contributed by atoms with Gasteiger partial charge in [-0.15, -0.1) is 0 Å². The van der Waals surface area contributed by atoms with Gasteiger partial charge in [-0.25, -0.2) is 9.37 Å². The average Bonchev–Trinajstić information content (AvgIpc) is 3.09. The van der Waals surface area contributed by atoms with Gasteiger partial charge in [0.15, 0.2) is 5.82 Å². The first-order chi connectivity index (χ1) is 14.4. The van der Waals surface area contributed by atoms with Gasteiger partial charge in [-0.2, -0.15) is 10.1 Å². The number of rotatable bonds is 5. The summed E-state index contributed by atoms with van der Waals surface area (Å²) in [6.07, 6.45) is 3.14. The van der Waals surface area contributed by atoms with Crippen molar-refractivity contribution in [2.75, 3.05) is 36.5 Å². The minimum Gasteiger partial charge on any atom is -0.477 e. The molecule has 10 heteroatoms. The van der Waals surface area contributed by atoms with Crippen molar-refractivity contribution < 1.29 is 13.9 Å². The highest BCUT2D eigenvalue weighted by Crippen LogP contribution is 2.24. The van der Waals surface area contributed by atoms with Gasteiger partial charge < -0.3 is 20.3 Å². The van der Waals surface area contributed by atoms with Crippen LogP contribution in [-0.4, -0.2) is 57.9 Å². The molecule has 1 fully saturated rings. The van der Waals surface area contributed by atoms with Gasteiger partial charge in [0, 0.05) is 56.2 Å². The number of nitrogens with zero attached hydrogens (tertiary/aromatic N) is 5. The lowest BCUT2D eigenvalue weighted by atomic mass is 10.2. The van der Waals surface area contributed by atoms with E-state index < -0.39 is 11.7 Å². The van der Waals surface area contributed by atoms with Crippen molar-refractivity contribution >= 4 is 28.4 Å². The third-order valence-electron chi connectivity index (χ3n) is 4.85. The van der Waals surface area contributed by atoms with Crippen LogP contribution in [0.15, 0.2) is 24.5 Å². The van der Waals surface area contributed by atoms with Crippen LogP contribution in [0.5, 0.6) is 5.88 Å². The molecular formula is C20H24FN7O2. The minimum absolute atomic E-state index is 0.190. The molecule has 3 aromatic rings. The van der Waals surface area contributed by atoms with Crippen molar-refractivity contribution in [2.45, 2.75) is 19.9 Å². The molecule has 3 heterocycles. The number of halogens is 1. The van der Waals surface area contributed by atoms with E-state index in [-0.39, 0.29) is 17.0 Å². The highest BCUT2D eigenvalue weighted by molar-refractivity contribution is 6.06. The molecular weight excluding hydrogens is 389 g/mol. The van der Waals surface area contributed by atoms with Crippen molar-refractivity contribution in [2.24, 2.45) is 7.05 Å². The molecule has 2 aromatic heterocycles. The molecule has 2 N–H and O–H groups in total. The number of hydrogen-bond acceptors (Lipinski definition) is 7. The molecule has 30 heavy (non-hydrogen) atoms. The molecule has 0 saturated carbocycles. The van der Waals surface area contributed by atoms with E-state index >= 15 is 0 Å². The fourth-order valence-electron chi connectivity index (χ4n) is 3.51. The van der Waals surface area contributed by atoms with Crippen LogP contribution in [0.1, 0.15) is 24.2 Å². The Morgan fingerprint density at radius 1 is 1.43 bits per heavy atom. The minimum atomic E-state index is -0.507. The van der Waals surface area contributed by atoms with E-state index in [1.807, 2.05) is 6.92 Å². The van der Waals surface area contributed by atoms with Crippen molar-refractivity contribution in [3.8, 4) is 5.88 Å². The monoisotopic (exact) mass is 413 g/mol. The Kier molecular flexibility index (Phi) is 5.49. The van der Waals surface area contributed by atoms with Gasteiger partial charge in [0.1, 0.15) is 11.1 Å². The van der Waals surface area contributed by atoms with Gasteiger partial charge in [-0.05, 0) is 26.0 Å². The maximum Gasteiger partial charge on any atom is 0.262 e. The van der Waals surface area contributed by atoms with E-state index in [0.717, 1.165) is 19.6 Å². The second-order valence-corrected chi connectivity index (χ2v) is 7.28. The van der Waals surface area contributed by atoms with Gasteiger partial charge in [-0.1, -0.05) is 0 Å². The van der Waals surface area contributed by atoms with Crippen LogP contribution in [-0.2, 0) is 7.05 Å². The molecule has 0 aliphatic carbocycles. The van der Waals surface area contributed by atoms with Crippen molar-refractivity contribution in [3.05, 3.63) is 35.9 Å². The molecule has 1 atom stereocenters. The fourth-order valence-corrected chi connectivity index (χ4v) is 3.51. The Morgan fingerprint density at radius 3 is 3.03 bits per heavy atom. The number of piperazine rings is 1. The van der Waals surface area contributed by atoms with Crippen LogP contribution in [0.25, 0.3) is 10.9 Å². The molecule has 1 aliphatic rings. The van der Waals surface area contributed by atoms with Crippen LogP contribution >= 0.6 is 0 Å². The summed E-state index contributed by atoms with van der Waals surface area (Å²) in [5, 5.41) is 10.7. The van der Waals surface area contributed by atoms with Crippen LogP contribution in [0.3, 0.4) is 0 Å². The van der Waals surface area contributed by atoms with E-state index in [2.05, 4.69) is 37.5 Å². The Balaban J connectivity index is 1.60. The zero-order valence-corrected chi connectivity index (χ0v) is 17.1. The first-order valence-electron chi connectivity index (χ1n) is 9.87. The molecule has 0 radical (unpaired) electrons. The standard InChI is InChI=1S/C20H24FN7O2/c1-4-30-19-15(9-23-20(25-19)28-6-5-22-12(2)10-28)18(29)24-14-7-13-11-27(3)26-17(13)16(21)8-14/h7-9,11-12,22H,4-6,10H2,1-3H3,(H,24,29)/t12-/m0/s1. The Hall–Kier alpha value is -3.27. The van der Waals surface area contributed by atoms with Gasteiger partial charge in [-0.3, -0.25) is 9.48 Å². The molecule has 4 rings (SSSR count). The Morgan fingerprint density at radius 2 is 2.27 bits per heavy atom. The van der Waals surface area contributed by atoms with E-state index in [4.69, 9.17) is 4.74 Å². The van der Waals surface area contributed by atoms with Crippen molar-refractivity contribution in [1.29, 1.82) is 0 Å². The molecule has 1 amide bonds. The molecule has 158 valence electrons. The number of ether oxygens (including phenoxy) is 1. The fraction of sp³-hybridized carbons (Fsp3) is 0.400. The van der Waals surface area contributed by atoms with E-state index in [1.165, 1.54) is 16.9 Å². The van der Waals surface area contributed by atoms with E-state index in [9.17, 15) is 9.18 Å². The summed E-state index contributed by atoms with van der Waals surface area (Å²) in [7, 11) is 1.71. The van der Waals surface area contributed by atoms with Gasteiger partial charge >= 0.3 is 0 Å². The van der Waals surface area contributed by atoms with Gasteiger partial charge in [0.25, 0.3) is 5.91 Å². The Bertz CT molecular complexity index is 1080. The first-order valence-corrected chi connectivity index (χ1v) is 9.87. The maximum atomic E-state index is 14.3. The van der Waals surface area contributed by atoms with E-state index in [0.29, 0.717) is 29.7 Å². The summed E-state index contributed by atoms with van der Waals surface area (Å²) < 4.78 is 21.4. The largest absolute Gasteiger partial charge is 0.477 e. The molecule has 9 nitrogen and oxygen atoms in total. The van der Waals surface area contributed by atoms with Gasteiger partial charge in [0.05, 0.1) is 6.61 Å². The molecule has 1 aliphatic heterocycles. The SMILES string of the molecule is CCOc1nc(N2CCN[C@@H](C)C2)ncc1C(=O)Nc1cc(F)c2nn(C)cc2c1. The lowest BCUT2D eigenvalue weighted by Gasteiger charge is -2.32. The third-order valence-corrected chi connectivity index (χ3v) is 4.85. The molecule has 0 bridgehead atoms. The number of hydrogen-bond donors (Lipinski definition) is 2. The number of aromatic nitrogens is 4. The Labute approximate surface area is 173 Å². The first kappa shape index (κ1) is 20.0. The summed E-state index contributed by atoms with van der Waals surface area (Å²) >= 11 is 0. The highest BCUT2D eigenvalue weighted by atomic mass is 19.1. The molecule has 1 saturated heterocycles. The number of carbonyl (C=O) groups is 1. The summed E-state index contributed by atoms with van der Waals surface area (Å²) in [6, 6.07) is 3.23. The number of fused-ring (bicyclic) bond motifs is 1. The van der Waals surface area contributed by atoms with Crippen molar-refractivity contribution in [1.82, 2.24) is 25.1 Å². The van der Waals surface area contributed by atoms with Crippen LogP contribution in [0.2, 0.25) is 0 Å². The molecule has 0 spiro atoms. The number of aryl methyl sites for hydroxylation is 1. The number of amides is 1. The van der Waals surface area contributed by atoms with Crippen LogP contribution < -0.4 is 20.3 Å². The number of anilines is 2. The lowest BCUT2D eigenvalue weighted by molar-refractivity contribution is 0.102. The van der Waals surface area contributed by atoms with E-state index in [1.54, 1.807) is 19.3 Å². The molecule has 1 aromatic carbocycles. The topological polar surface area (TPSA) is 97.2 Å². The summed E-state index contributed by atoms with van der Waals surface area (Å²) in [5.41, 5.74) is 0.763. The number of benzene rings is 1. The maximum absolute atomic E-state index is 14.3. The summed E-state index contributed by atoms with van der Waals surface area (Å²) in [4.78, 5) is 23.8. The summed E-state index contributed by atoms with van der Waals surface area (Å²) in [6.45, 7) is 6.63.